The minimum Gasteiger partial charge on any atom is -0.387 e. The zero-order valence-corrected chi connectivity index (χ0v) is 11.4. The van der Waals surface area contributed by atoms with E-state index in [0.717, 1.165) is 0 Å². The van der Waals surface area contributed by atoms with Gasteiger partial charge in [0, 0.05) is 17.1 Å². The Morgan fingerprint density at radius 2 is 2.21 bits per heavy atom. The second-order valence-electron chi connectivity index (χ2n) is 4.80. The molecule has 2 N–H and O–H groups in total. The first kappa shape index (κ1) is 14.3. The lowest BCUT2D eigenvalue weighted by atomic mass is 10.1. The molecule has 5 heteroatoms. The fourth-order valence-electron chi connectivity index (χ4n) is 1.72. The third-order valence-corrected chi connectivity index (χ3v) is 3.38. The first-order chi connectivity index (χ1) is 9.16. The van der Waals surface area contributed by atoms with Gasteiger partial charge >= 0.3 is 0 Å². The molecule has 1 saturated carbocycles. The molecule has 1 aliphatic carbocycles. The summed E-state index contributed by atoms with van der Waals surface area (Å²) in [5.41, 5.74) is 0.614. The zero-order chi connectivity index (χ0) is 13.7. The van der Waals surface area contributed by atoms with Gasteiger partial charge in [-0.1, -0.05) is 29.8 Å². The minimum absolute atomic E-state index is 0.0474. The third-order valence-electron chi connectivity index (χ3n) is 3.04. The highest BCUT2D eigenvalue weighted by atomic mass is 35.5. The van der Waals surface area contributed by atoms with Gasteiger partial charge in [0.2, 0.25) is 5.91 Å². The molecule has 1 aliphatic rings. The van der Waals surface area contributed by atoms with Crippen LogP contribution in [-0.2, 0) is 9.53 Å². The summed E-state index contributed by atoms with van der Waals surface area (Å²) >= 11 is 5.96. The highest BCUT2D eigenvalue weighted by Crippen LogP contribution is 2.28. The summed E-state index contributed by atoms with van der Waals surface area (Å²) in [4.78, 5) is 11.5. The van der Waals surface area contributed by atoms with Crippen molar-refractivity contribution in [2.45, 2.75) is 18.9 Å². The van der Waals surface area contributed by atoms with Crippen molar-refractivity contribution in [3.05, 3.63) is 34.9 Å². The van der Waals surface area contributed by atoms with E-state index in [2.05, 4.69) is 5.32 Å². The molecule has 0 aliphatic heterocycles. The first-order valence-corrected chi connectivity index (χ1v) is 6.81. The lowest BCUT2D eigenvalue weighted by molar-refractivity contribution is -0.126. The van der Waals surface area contributed by atoms with Crippen LogP contribution in [0.15, 0.2) is 24.3 Å². The lowest BCUT2D eigenvalue weighted by Crippen LogP contribution is -2.31. The van der Waals surface area contributed by atoms with E-state index < -0.39 is 6.10 Å². The molecule has 2 rings (SSSR count). The number of aliphatic hydroxyl groups excluding tert-OH is 1. The summed E-state index contributed by atoms with van der Waals surface area (Å²) in [6.45, 7) is 0.835. The quantitative estimate of drug-likeness (QED) is 0.804. The molecule has 0 heterocycles. The number of benzene rings is 1. The summed E-state index contributed by atoms with van der Waals surface area (Å²) in [5, 5.41) is 13.1. The van der Waals surface area contributed by atoms with Gasteiger partial charge in [0.05, 0.1) is 12.7 Å². The Hall–Kier alpha value is -1.10. The van der Waals surface area contributed by atoms with Gasteiger partial charge in [-0.2, -0.15) is 0 Å². The molecule has 19 heavy (non-hydrogen) atoms. The summed E-state index contributed by atoms with van der Waals surface area (Å²) in [7, 11) is 0. The van der Waals surface area contributed by atoms with Crippen molar-refractivity contribution in [3.63, 3.8) is 0 Å². The predicted molar refractivity (Wildman–Crippen MR) is 73.0 cm³/mol. The SMILES string of the molecule is O=C(COCC1CC1)NCC(O)c1ccccc1Cl. The van der Waals surface area contributed by atoms with Crippen LogP contribution in [0.2, 0.25) is 5.02 Å². The molecule has 0 aromatic heterocycles. The third kappa shape index (κ3) is 4.82. The lowest BCUT2D eigenvalue weighted by Gasteiger charge is -2.13. The summed E-state index contributed by atoms with van der Waals surface area (Å²) in [5.74, 6) is 0.424. The van der Waals surface area contributed by atoms with E-state index in [1.165, 1.54) is 12.8 Å². The predicted octanol–water partition coefficient (Wildman–Crippen LogP) is 1.92. The molecule has 1 atom stereocenters. The van der Waals surface area contributed by atoms with Gasteiger partial charge < -0.3 is 15.2 Å². The highest BCUT2D eigenvalue weighted by Gasteiger charge is 2.21. The van der Waals surface area contributed by atoms with Crippen LogP contribution < -0.4 is 5.32 Å². The molecule has 0 spiro atoms. The molecule has 1 fully saturated rings. The maximum Gasteiger partial charge on any atom is 0.246 e. The minimum atomic E-state index is -0.805. The van der Waals surface area contributed by atoms with E-state index in [1.807, 2.05) is 0 Å². The molecule has 0 bridgehead atoms. The molecule has 0 saturated heterocycles. The average molecular weight is 284 g/mol. The van der Waals surface area contributed by atoms with Crippen LogP contribution in [0.4, 0.5) is 0 Å². The maximum absolute atomic E-state index is 11.5. The van der Waals surface area contributed by atoms with E-state index in [1.54, 1.807) is 24.3 Å². The normalized spacial score (nSPS) is 16.1. The number of hydrogen-bond donors (Lipinski definition) is 2. The summed E-state index contributed by atoms with van der Waals surface area (Å²) in [6, 6.07) is 7.04. The number of carbonyl (C=O) groups excluding carboxylic acids is 1. The number of halogens is 1. The van der Waals surface area contributed by atoms with E-state index in [0.29, 0.717) is 23.1 Å². The van der Waals surface area contributed by atoms with Crippen LogP contribution in [0.25, 0.3) is 0 Å². The van der Waals surface area contributed by atoms with Gasteiger partial charge in [-0.25, -0.2) is 0 Å². The summed E-state index contributed by atoms with van der Waals surface area (Å²) in [6.07, 6.45) is 1.60. The Labute approximate surface area is 117 Å². The van der Waals surface area contributed by atoms with E-state index in [4.69, 9.17) is 16.3 Å². The highest BCUT2D eigenvalue weighted by molar-refractivity contribution is 6.31. The molecule has 0 radical (unpaired) electrons. The monoisotopic (exact) mass is 283 g/mol. The molecule has 1 aromatic rings. The number of ether oxygens (including phenoxy) is 1. The van der Waals surface area contributed by atoms with Crippen LogP contribution >= 0.6 is 11.6 Å². The topological polar surface area (TPSA) is 58.6 Å². The van der Waals surface area contributed by atoms with Crippen molar-refractivity contribution >= 4 is 17.5 Å². The Balaban J connectivity index is 1.68. The van der Waals surface area contributed by atoms with Crippen LogP contribution in [0.5, 0.6) is 0 Å². The smallest absolute Gasteiger partial charge is 0.246 e. The Bertz CT molecular complexity index is 434. The van der Waals surface area contributed by atoms with Crippen LogP contribution in [0, 0.1) is 5.92 Å². The number of nitrogens with one attached hydrogen (secondary N) is 1. The molecular weight excluding hydrogens is 266 g/mol. The Kier molecular flexibility index (Phi) is 5.19. The average Bonchev–Trinajstić information content (AvgIpc) is 3.20. The number of carbonyl (C=O) groups is 1. The standard InChI is InChI=1S/C14H18ClNO3/c15-12-4-2-1-3-11(12)13(17)7-16-14(18)9-19-8-10-5-6-10/h1-4,10,13,17H,5-9H2,(H,16,18). The van der Waals surface area contributed by atoms with Crippen molar-refractivity contribution in [1.29, 1.82) is 0 Å². The molecule has 1 aromatic carbocycles. The number of hydrogen-bond acceptors (Lipinski definition) is 3. The van der Waals surface area contributed by atoms with Crippen molar-refractivity contribution in [1.82, 2.24) is 5.32 Å². The number of rotatable bonds is 7. The molecular formula is C14H18ClNO3. The van der Waals surface area contributed by atoms with Gasteiger partial charge in [-0.05, 0) is 24.8 Å². The molecule has 1 amide bonds. The van der Waals surface area contributed by atoms with Crippen LogP contribution in [0.3, 0.4) is 0 Å². The second kappa shape index (κ2) is 6.89. The molecule has 104 valence electrons. The molecule has 1 unspecified atom stereocenters. The number of aliphatic hydroxyl groups is 1. The summed E-state index contributed by atoms with van der Waals surface area (Å²) < 4.78 is 5.26. The first-order valence-electron chi connectivity index (χ1n) is 6.43. The van der Waals surface area contributed by atoms with Crippen LogP contribution in [0.1, 0.15) is 24.5 Å². The van der Waals surface area contributed by atoms with E-state index >= 15 is 0 Å². The van der Waals surface area contributed by atoms with E-state index in [9.17, 15) is 9.90 Å². The van der Waals surface area contributed by atoms with Crippen molar-refractivity contribution in [2.24, 2.45) is 5.92 Å². The Morgan fingerprint density at radius 1 is 1.47 bits per heavy atom. The van der Waals surface area contributed by atoms with Crippen LogP contribution in [-0.4, -0.2) is 30.8 Å². The van der Waals surface area contributed by atoms with Crippen molar-refractivity contribution in [2.75, 3.05) is 19.8 Å². The zero-order valence-electron chi connectivity index (χ0n) is 10.6. The maximum atomic E-state index is 11.5. The van der Waals surface area contributed by atoms with Gasteiger partial charge in [-0.3, -0.25) is 4.79 Å². The van der Waals surface area contributed by atoms with E-state index in [-0.39, 0.29) is 19.1 Å². The fraction of sp³-hybridized carbons (Fsp3) is 0.500. The number of amides is 1. The van der Waals surface area contributed by atoms with Gasteiger partial charge in [0.1, 0.15) is 6.61 Å². The molecule has 4 nitrogen and oxygen atoms in total. The van der Waals surface area contributed by atoms with Gasteiger partial charge in [0.25, 0.3) is 0 Å². The van der Waals surface area contributed by atoms with Crippen molar-refractivity contribution < 1.29 is 14.6 Å². The Morgan fingerprint density at radius 3 is 2.89 bits per heavy atom. The van der Waals surface area contributed by atoms with Crippen molar-refractivity contribution in [3.8, 4) is 0 Å². The van der Waals surface area contributed by atoms with Gasteiger partial charge in [-0.15, -0.1) is 0 Å². The second-order valence-corrected chi connectivity index (χ2v) is 5.21. The van der Waals surface area contributed by atoms with Gasteiger partial charge in [0.15, 0.2) is 0 Å². The largest absolute Gasteiger partial charge is 0.387 e. The fourth-order valence-corrected chi connectivity index (χ4v) is 1.98.